The number of fused-ring (bicyclic) bond motifs is 2. The van der Waals surface area contributed by atoms with Gasteiger partial charge in [0.25, 0.3) is 11.8 Å². The number of nitrogens with zero attached hydrogens (tertiary/aromatic N) is 1. The zero-order valence-electron chi connectivity index (χ0n) is 16.9. The molecule has 1 aromatic carbocycles. The van der Waals surface area contributed by atoms with E-state index in [4.69, 9.17) is 4.74 Å². The second-order valence-electron chi connectivity index (χ2n) is 8.59. The number of carbonyl (C=O) groups is 2. The molecule has 168 valence electrons. The number of benzene rings is 1. The van der Waals surface area contributed by atoms with E-state index in [2.05, 4.69) is 10.6 Å². The van der Waals surface area contributed by atoms with Gasteiger partial charge in [-0.2, -0.15) is 0 Å². The lowest BCUT2D eigenvalue weighted by molar-refractivity contribution is -0.0408. The van der Waals surface area contributed by atoms with Gasteiger partial charge in [-0.3, -0.25) is 14.4 Å². The van der Waals surface area contributed by atoms with Gasteiger partial charge in [0.2, 0.25) is 5.43 Å². The molecule has 0 saturated heterocycles. The smallest absolute Gasteiger partial charge is 0.273 e. The Hall–Kier alpha value is -3.27. The number of hydrogen-bond donors (Lipinski definition) is 3. The van der Waals surface area contributed by atoms with Crippen molar-refractivity contribution in [2.45, 2.75) is 44.7 Å². The highest BCUT2D eigenvalue weighted by Crippen LogP contribution is 2.52. The third-order valence-electron chi connectivity index (χ3n) is 6.38. The van der Waals surface area contributed by atoms with Gasteiger partial charge >= 0.3 is 0 Å². The number of aromatic hydroxyl groups is 1. The monoisotopic (exact) mass is 445 g/mol. The average Bonchev–Trinajstić information content (AvgIpc) is 3.35. The molecule has 0 spiro atoms. The third-order valence-corrected chi connectivity index (χ3v) is 6.38. The molecular formula is C22H21F2N3O5. The minimum atomic E-state index is -1.02. The van der Waals surface area contributed by atoms with Crippen molar-refractivity contribution in [3.63, 3.8) is 0 Å². The first-order chi connectivity index (χ1) is 15.3. The van der Waals surface area contributed by atoms with Gasteiger partial charge in [0.05, 0.1) is 12.6 Å². The van der Waals surface area contributed by atoms with Crippen LogP contribution < -0.4 is 16.1 Å². The van der Waals surface area contributed by atoms with Crippen LogP contribution >= 0.6 is 0 Å². The molecule has 2 aliphatic carbocycles. The van der Waals surface area contributed by atoms with Crippen LogP contribution in [0.25, 0.3) is 0 Å². The van der Waals surface area contributed by atoms with Gasteiger partial charge in [0, 0.05) is 24.4 Å². The molecule has 2 amide bonds. The van der Waals surface area contributed by atoms with Crippen molar-refractivity contribution in [1.82, 2.24) is 15.2 Å². The van der Waals surface area contributed by atoms with Crippen LogP contribution in [0.5, 0.6) is 5.75 Å². The molecule has 1 aromatic heterocycles. The Balaban J connectivity index is 1.34. The van der Waals surface area contributed by atoms with Crippen LogP contribution in [0.1, 0.15) is 45.7 Å². The summed E-state index contributed by atoms with van der Waals surface area (Å²) in [5.41, 5.74) is -1.63. The maximum Gasteiger partial charge on any atom is 0.273 e. The average molecular weight is 445 g/mol. The van der Waals surface area contributed by atoms with E-state index in [0.29, 0.717) is 17.9 Å². The van der Waals surface area contributed by atoms with Gasteiger partial charge in [-0.1, -0.05) is 6.07 Å². The fraction of sp³-hybridized carbons (Fsp3) is 0.409. The van der Waals surface area contributed by atoms with E-state index >= 15 is 0 Å². The van der Waals surface area contributed by atoms with Crippen molar-refractivity contribution in [2.24, 2.45) is 11.8 Å². The normalized spacial score (nSPS) is 25.6. The maximum absolute atomic E-state index is 13.8. The van der Waals surface area contributed by atoms with Crippen LogP contribution in [-0.4, -0.2) is 33.8 Å². The Morgan fingerprint density at radius 1 is 1.22 bits per heavy atom. The van der Waals surface area contributed by atoms with E-state index in [1.54, 1.807) is 0 Å². The Bertz CT molecular complexity index is 1170. The van der Waals surface area contributed by atoms with Crippen LogP contribution in [0.2, 0.25) is 0 Å². The SMILES string of the molecule is O=C(NCc1ccc(F)cc1F)c1cn2c(c(O)c1=O)C(=O)N[C@H](OC1CC3C[C@@H]3C1)C2. The van der Waals surface area contributed by atoms with Gasteiger partial charge in [0.1, 0.15) is 23.4 Å². The number of aromatic nitrogens is 1. The molecule has 1 aliphatic heterocycles. The molecule has 3 N–H and O–H groups in total. The number of hydrogen-bond acceptors (Lipinski definition) is 5. The van der Waals surface area contributed by atoms with Gasteiger partial charge in [-0.25, -0.2) is 8.78 Å². The number of ether oxygens (including phenoxy) is 1. The van der Waals surface area contributed by atoms with E-state index in [9.17, 15) is 28.3 Å². The summed E-state index contributed by atoms with van der Waals surface area (Å²) in [4.78, 5) is 37.6. The van der Waals surface area contributed by atoms with Crippen LogP contribution in [0, 0.1) is 23.5 Å². The van der Waals surface area contributed by atoms with Crippen LogP contribution in [0.3, 0.4) is 0 Å². The van der Waals surface area contributed by atoms with Crippen molar-refractivity contribution < 1.29 is 28.2 Å². The van der Waals surface area contributed by atoms with Crippen LogP contribution in [0.15, 0.2) is 29.2 Å². The highest BCUT2D eigenvalue weighted by Gasteiger charge is 2.47. The molecule has 32 heavy (non-hydrogen) atoms. The molecule has 10 heteroatoms. The first-order valence-corrected chi connectivity index (χ1v) is 10.4. The van der Waals surface area contributed by atoms with Crippen LogP contribution in [0.4, 0.5) is 8.78 Å². The number of rotatable bonds is 5. The maximum atomic E-state index is 13.8. The predicted octanol–water partition coefficient (Wildman–Crippen LogP) is 1.65. The summed E-state index contributed by atoms with van der Waals surface area (Å²) < 4.78 is 34.2. The van der Waals surface area contributed by atoms with Gasteiger partial charge in [-0.15, -0.1) is 0 Å². The summed E-state index contributed by atoms with van der Waals surface area (Å²) in [7, 11) is 0. The summed E-state index contributed by atoms with van der Waals surface area (Å²) >= 11 is 0. The van der Waals surface area contributed by atoms with E-state index in [1.807, 2.05) is 0 Å². The first-order valence-electron chi connectivity index (χ1n) is 10.4. The first kappa shape index (κ1) is 20.6. The topological polar surface area (TPSA) is 110 Å². The minimum absolute atomic E-state index is 0.0319. The van der Waals surface area contributed by atoms with Crippen molar-refractivity contribution in [3.8, 4) is 5.75 Å². The number of pyridine rings is 1. The zero-order chi connectivity index (χ0) is 22.6. The second-order valence-corrected chi connectivity index (χ2v) is 8.59. The second kappa shape index (κ2) is 7.70. The summed E-state index contributed by atoms with van der Waals surface area (Å²) in [6, 6.07) is 2.92. The molecule has 2 saturated carbocycles. The zero-order valence-corrected chi connectivity index (χ0v) is 16.9. The Morgan fingerprint density at radius 3 is 2.69 bits per heavy atom. The van der Waals surface area contributed by atoms with Crippen molar-refractivity contribution in [1.29, 1.82) is 0 Å². The molecule has 0 bridgehead atoms. The molecule has 2 fully saturated rings. The molecular weight excluding hydrogens is 424 g/mol. The number of halogens is 2. The molecule has 3 aliphatic rings. The minimum Gasteiger partial charge on any atom is -0.503 e. The number of amides is 2. The lowest BCUT2D eigenvalue weighted by Gasteiger charge is -2.30. The highest BCUT2D eigenvalue weighted by atomic mass is 19.1. The summed E-state index contributed by atoms with van der Waals surface area (Å²) in [5, 5.41) is 15.3. The fourth-order valence-corrected chi connectivity index (χ4v) is 4.65. The van der Waals surface area contributed by atoms with Crippen molar-refractivity contribution in [2.75, 3.05) is 0 Å². The molecule has 0 radical (unpaired) electrons. The number of carbonyl (C=O) groups excluding carboxylic acids is 2. The molecule has 4 atom stereocenters. The highest BCUT2D eigenvalue weighted by molar-refractivity contribution is 5.99. The molecule has 2 unspecified atom stereocenters. The van der Waals surface area contributed by atoms with Gasteiger partial charge in [0.15, 0.2) is 11.4 Å². The van der Waals surface area contributed by atoms with Gasteiger partial charge in [-0.05, 0) is 37.2 Å². The Kier molecular flexibility index (Phi) is 4.96. The van der Waals surface area contributed by atoms with E-state index in [-0.39, 0.29) is 30.5 Å². The lowest BCUT2D eigenvalue weighted by atomic mass is 10.1. The van der Waals surface area contributed by atoms with Gasteiger partial charge < -0.3 is 25.0 Å². The van der Waals surface area contributed by atoms with E-state index < -0.39 is 46.4 Å². The van der Waals surface area contributed by atoms with Crippen molar-refractivity contribution >= 4 is 11.8 Å². The van der Waals surface area contributed by atoms with Crippen molar-refractivity contribution in [3.05, 3.63) is 63.1 Å². The lowest BCUT2D eigenvalue weighted by Crippen LogP contribution is -2.48. The number of nitrogens with one attached hydrogen (secondary N) is 2. The quantitative estimate of drug-likeness (QED) is 0.649. The Labute approximate surface area is 181 Å². The summed E-state index contributed by atoms with van der Waals surface area (Å²) in [6.45, 7) is -0.170. The molecule has 2 aromatic rings. The molecule has 2 heterocycles. The predicted molar refractivity (Wildman–Crippen MR) is 107 cm³/mol. The molecule has 8 nitrogen and oxygen atoms in total. The van der Waals surface area contributed by atoms with E-state index in [0.717, 1.165) is 18.9 Å². The fourth-order valence-electron chi connectivity index (χ4n) is 4.65. The van der Waals surface area contributed by atoms with Crippen LogP contribution in [-0.2, 0) is 17.8 Å². The summed E-state index contributed by atoms with van der Waals surface area (Å²) in [5.74, 6) is -2.55. The largest absolute Gasteiger partial charge is 0.503 e. The standard InChI is InChI=1S/C22H21F2N3O5/c23-13-2-1-10(16(24)6-13)7-25-21(30)15-8-27-9-17(32-14-4-11-3-12(11)5-14)26-22(31)18(27)20(29)19(15)28/h1-2,6,8,11-12,14,17,29H,3-5,7,9H2,(H,25,30)(H,26,31)/t11-,12?,14?,17-/m1/s1. The third kappa shape index (κ3) is 3.75. The Morgan fingerprint density at radius 2 is 1.97 bits per heavy atom. The van der Waals surface area contributed by atoms with E-state index in [1.165, 1.54) is 23.3 Å². The summed E-state index contributed by atoms with van der Waals surface area (Å²) in [6.07, 6.45) is 3.72. The molecule has 5 rings (SSSR count).